The summed E-state index contributed by atoms with van der Waals surface area (Å²) in [6.45, 7) is 0. The number of nitrogens with two attached hydrogens (primary N) is 1. The predicted octanol–water partition coefficient (Wildman–Crippen LogP) is 2.52. The number of rotatable bonds is 6. The van der Waals surface area contributed by atoms with Gasteiger partial charge in [-0.25, -0.2) is 0 Å². The van der Waals surface area contributed by atoms with E-state index in [4.69, 9.17) is 5.73 Å². The van der Waals surface area contributed by atoms with Crippen LogP contribution in [0.15, 0.2) is 42.5 Å². The maximum absolute atomic E-state index is 12.3. The van der Waals surface area contributed by atoms with Crippen molar-refractivity contribution in [2.24, 2.45) is 5.73 Å². The number of nitro groups is 1. The predicted molar refractivity (Wildman–Crippen MR) is 92.7 cm³/mol. The molecule has 0 radical (unpaired) electrons. The molecule has 0 spiro atoms. The summed E-state index contributed by atoms with van der Waals surface area (Å²) in [7, 11) is 0. The van der Waals surface area contributed by atoms with E-state index < -0.39 is 16.7 Å². The van der Waals surface area contributed by atoms with Gasteiger partial charge in [0.05, 0.1) is 4.92 Å². The summed E-state index contributed by atoms with van der Waals surface area (Å²) in [4.78, 5) is 34.3. The lowest BCUT2D eigenvalue weighted by molar-refractivity contribution is -0.384. The van der Waals surface area contributed by atoms with Crippen LogP contribution in [0.25, 0.3) is 0 Å². The molecule has 3 rings (SSSR count). The van der Waals surface area contributed by atoms with Gasteiger partial charge in [0.2, 0.25) is 5.91 Å². The number of hydrogen-bond donors (Lipinski definition) is 3. The molecular formula is C17H16N4O4. The normalized spacial score (nSPS) is 13.1. The van der Waals surface area contributed by atoms with Crippen LogP contribution in [0.1, 0.15) is 33.6 Å². The monoisotopic (exact) mass is 340 g/mol. The molecular weight excluding hydrogens is 324 g/mol. The molecule has 0 saturated heterocycles. The Balaban J connectivity index is 1.81. The molecule has 128 valence electrons. The Morgan fingerprint density at radius 2 is 1.88 bits per heavy atom. The van der Waals surface area contributed by atoms with Crippen LogP contribution in [0, 0.1) is 10.1 Å². The van der Waals surface area contributed by atoms with E-state index in [0.717, 1.165) is 12.8 Å². The van der Waals surface area contributed by atoms with Gasteiger partial charge < -0.3 is 16.4 Å². The fraction of sp³-hybridized carbons (Fsp3) is 0.176. The molecule has 2 amide bonds. The van der Waals surface area contributed by atoms with Gasteiger partial charge in [-0.15, -0.1) is 0 Å². The van der Waals surface area contributed by atoms with Crippen molar-refractivity contribution in [3.63, 3.8) is 0 Å². The van der Waals surface area contributed by atoms with Crippen LogP contribution in [0.2, 0.25) is 0 Å². The van der Waals surface area contributed by atoms with Gasteiger partial charge in [-0.05, 0) is 43.2 Å². The lowest BCUT2D eigenvalue weighted by Crippen LogP contribution is -2.15. The number of benzene rings is 2. The Labute approximate surface area is 143 Å². The fourth-order valence-corrected chi connectivity index (χ4v) is 2.35. The maximum atomic E-state index is 12.3. The number of nitrogens with zero attached hydrogens (tertiary/aromatic N) is 1. The van der Waals surface area contributed by atoms with E-state index in [1.807, 2.05) is 0 Å². The molecule has 0 bridgehead atoms. The Morgan fingerprint density at radius 1 is 1.12 bits per heavy atom. The van der Waals surface area contributed by atoms with Gasteiger partial charge in [-0.3, -0.25) is 19.7 Å². The molecule has 25 heavy (non-hydrogen) atoms. The highest BCUT2D eigenvalue weighted by atomic mass is 16.6. The molecule has 4 N–H and O–H groups in total. The van der Waals surface area contributed by atoms with Crippen molar-refractivity contribution in [2.75, 3.05) is 10.6 Å². The van der Waals surface area contributed by atoms with Gasteiger partial charge >= 0.3 is 0 Å². The van der Waals surface area contributed by atoms with Crippen molar-refractivity contribution < 1.29 is 14.5 Å². The summed E-state index contributed by atoms with van der Waals surface area (Å²) < 4.78 is 0. The molecule has 8 heteroatoms. The molecule has 1 aliphatic rings. The Hall–Kier alpha value is -3.42. The maximum Gasteiger partial charge on any atom is 0.293 e. The number of hydrogen-bond acceptors (Lipinski definition) is 5. The van der Waals surface area contributed by atoms with Gasteiger partial charge in [-0.2, -0.15) is 0 Å². The van der Waals surface area contributed by atoms with Crippen LogP contribution in [0.3, 0.4) is 0 Å². The molecule has 1 aliphatic carbocycles. The Bertz CT molecular complexity index is 861. The van der Waals surface area contributed by atoms with Crippen molar-refractivity contribution >= 4 is 28.9 Å². The Kier molecular flexibility index (Phi) is 4.34. The van der Waals surface area contributed by atoms with E-state index in [1.165, 1.54) is 30.3 Å². The Morgan fingerprint density at radius 3 is 2.52 bits per heavy atom. The first-order valence-corrected chi connectivity index (χ1v) is 7.70. The minimum atomic E-state index is -0.609. The first kappa shape index (κ1) is 16.4. The minimum Gasteiger partial charge on any atom is -0.377 e. The van der Waals surface area contributed by atoms with E-state index in [1.54, 1.807) is 12.1 Å². The lowest BCUT2D eigenvalue weighted by Gasteiger charge is -2.09. The van der Waals surface area contributed by atoms with Crippen LogP contribution in [-0.4, -0.2) is 22.8 Å². The summed E-state index contributed by atoms with van der Waals surface area (Å²) in [5.74, 6) is -1.12. The van der Waals surface area contributed by atoms with Gasteiger partial charge in [0.25, 0.3) is 11.6 Å². The average Bonchev–Trinajstić information content (AvgIpc) is 3.39. The lowest BCUT2D eigenvalue weighted by atomic mass is 10.1. The molecule has 8 nitrogen and oxygen atoms in total. The number of carbonyl (C=O) groups is 2. The van der Waals surface area contributed by atoms with Crippen LogP contribution in [0.5, 0.6) is 0 Å². The largest absolute Gasteiger partial charge is 0.377 e. The highest BCUT2D eigenvalue weighted by Crippen LogP contribution is 2.31. The first-order chi connectivity index (χ1) is 11.9. The number of primary amides is 1. The van der Waals surface area contributed by atoms with Crippen molar-refractivity contribution in [2.45, 2.75) is 18.9 Å². The van der Waals surface area contributed by atoms with Gasteiger partial charge in [0, 0.05) is 28.9 Å². The molecule has 1 saturated carbocycles. The molecule has 2 aromatic rings. The second-order valence-electron chi connectivity index (χ2n) is 5.81. The molecule has 0 aromatic heterocycles. The summed E-state index contributed by atoms with van der Waals surface area (Å²) in [5, 5.41) is 16.9. The zero-order valence-corrected chi connectivity index (χ0v) is 13.2. The van der Waals surface area contributed by atoms with E-state index in [-0.39, 0.29) is 22.9 Å². The van der Waals surface area contributed by atoms with Gasteiger partial charge in [0.15, 0.2) is 0 Å². The number of amides is 2. The molecule has 0 atom stereocenters. The fourth-order valence-electron chi connectivity index (χ4n) is 2.35. The average molecular weight is 340 g/mol. The zero-order valence-electron chi connectivity index (χ0n) is 13.2. The molecule has 1 fully saturated rings. The second-order valence-corrected chi connectivity index (χ2v) is 5.81. The third-order valence-electron chi connectivity index (χ3n) is 3.80. The highest BCUT2D eigenvalue weighted by molar-refractivity contribution is 6.05. The molecule has 0 aliphatic heterocycles. The van der Waals surface area contributed by atoms with E-state index in [2.05, 4.69) is 10.6 Å². The molecule has 0 unspecified atom stereocenters. The van der Waals surface area contributed by atoms with Crippen molar-refractivity contribution in [3.05, 3.63) is 63.7 Å². The molecule has 2 aromatic carbocycles. The minimum absolute atomic E-state index is 0.148. The number of nitrogens with one attached hydrogen (secondary N) is 2. The van der Waals surface area contributed by atoms with Gasteiger partial charge in [-0.1, -0.05) is 6.07 Å². The SMILES string of the molecule is NC(=O)c1cccc(NC(=O)c2ccc(NC3CC3)c([N+](=O)[O-])c2)c1. The number of carbonyl (C=O) groups excluding carboxylic acids is 2. The summed E-state index contributed by atoms with van der Waals surface area (Å²) in [6, 6.07) is 10.7. The van der Waals surface area contributed by atoms with Crippen molar-refractivity contribution in [1.29, 1.82) is 0 Å². The van der Waals surface area contributed by atoms with Crippen LogP contribution >= 0.6 is 0 Å². The molecule has 0 heterocycles. The number of anilines is 2. The third-order valence-corrected chi connectivity index (χ3v) is 3.80. The zero-order chi connectivity index (χ0) is 18.0. The van der Waals surface area contributed by atoms with Crippen LogP contribution in [0.4, 0.5) is 17.1 Å². The van der Waals surface area contributed by atoms with Crippen molar-refractivity contribution in [3.8, 4) is 0 Å². The van der Waals surface area contributed by atoms with Gasteiger partial charge in [0.1, 0.15) is 5.69 Å². The van der Waals surface area contributed by atoms with E-state index in [9.17, 15) is 19.7 Å². The highest BCUT2D eigenvalue weighted by Gasteiger charge is 2.25. The van der Waals surface area contributed by atoms with E-state index in [0.29, 0.717) is 11.4 Å². The van der Waals surface area contributed by atoms with Crippen LogP contribution < -0.4 is 16.4 Å². The summed E-state index contributed by atoms with van der Waals surface area (Å²) >= 11 is 0. The smallest absolute Gasteiger partial charge is 0.293 e. The summed E-state index contributed by atoms with van der Waals surface area (Å²) in [5.41, 5.74) is 6.25. The quantitative estimate of drug-likeness (QED) is 0.550. The van der Waals surface area contributed by atoms with E-state index >= 15 is 0 Å². The first-order valence-electron chi connectivity index (χ1n) is 7.70. The van der Waals surface area contributed by atoms with Crippen molar-refractivity contribution in [1.82, 2.24) is 0 Å². The topological polar surface area (TPSA) is 127 Å². The number of nitro benzene ring substituents is 1. The second kappa shape index (κ2) is 6.60. The summed E-state index contributed by atoms with van der Waals surface area (Å²) in [6.07, 6.45) is 1.96. The third kappa shape index (κ3) is 3.92. The van der Waals surface area contributed by atoms with Crippen LogP contribution in [-0.2, 0) is 0 Å². The standard InChI is InChI=1S/C17H16N4O4/c18-16(22)10-2-1-3-13(8-10)20-17(23)11-4-7-14(19-12-5-6-12)15(9-11)21(24)25/h1-4,7-9,12,19H,5-6H2,(H2,18,22)(H,20,23).